The SMILES string of the molecule is O=C(NC(=S)Nc1cc(Cl)cc(Cl)c1)c1ccccc1Cl. The summed E-state index contributed by atoms with van der Waals surface area (Å²) < 4.78 is 0. The minimum atomic E-state index is -0.397. The number of amides is 1. The van der Waals surface area contributed by atoms with Gasteiger partial charge < -0.3 is 5.32 Å². The lowest BCUT2D eigenvalue weighted by Crippen LogP contribution is -2.34. The van der Waals surface area contributed by atoms with Gasteiger partial charge in [0.1, 0.15) is 0 Å². The summed E-state index contributed by atoms with van der Waals surface area (Å²) in [6, 6.07) is 11.6. The minimum Gasteiger partial charge on any atom is -0.332 e. The van der Waals surface area contributed by atoms with Crippen molar-refractivity contribution in [3.05, 3.63) is 63.1 Å². The first kappa shape index (κ1) is 16.0. The predicted molar refractivity (Wildman–Crippen MR) is 91.6 cm³/mol. The van der Waals surface area contributed by atoms with E-state index in [1.165, 1.54) is 0 Å². The zero-order valence-electron chi connectivity index (χ0n) is 10.5. The number of benzene rings is 2. The van der Waals surface area contributed by atoms with E-state index in [-0.39, 0.29) is 5.11 Å². The van der Waals surface area contributed by atoms with E-state index in [4.69, 9.17) is 47.0 Å². The molecule has 2 aromatic rings. The molecule has 21 heavy (non-hydrogen) atoms. The summed E-state index contributed by atoms with van der Waals surface area (Å²) >= 11 is 22.8. The molecule has 7 heteroatoms. The first-order chi connectivity index (χ1) is 9.95. The van der Waals surface area contributed by atoms with Gasteiger partial charge in [0.15, 0.2) is 5.11 Å². The Balaban J connectivity index is 2.05. The standard InChI is InChI=1S/C14H9Cl3N2OS/c15-8-5-9(16)7-10(6-8)18-14(21)19-13(20)11-3-1-2-4-12(11)17/h1-7H,(H2,18,19,20,21). The Morgan fingerprint density at radius 1 is 1.00 bits per heavy atom. The number of carbonyl (C=O) groups is 1. The van der Waals surface area contributed by atoms with Crippen molar-refractivity contribution < 1.29 is 4.79 Å². The van der Waals surface area contributed by atoms with E-state index in [9.17, 15) is 4.79 Å². The zero-order valence-corrected chi connectivity index (χ0v) is 13.6. The third-order valence-corrected chi connectivity index (χ3v) is 3.44. The molecular formula is C14H9Cl3N2OS. The van der Waals surface area contributed by atoms with Crippen LogP contribution in [0.15, 0.2) is 42.5 Å². The van der Waals surface area contributed by atoms with E-state index in [1.54, 1.807) is 42.5 Å². The maximum atomic E-state index is 12.0. The first-order valence-corrected chi connectivity index (χ1v) is 7.33. The van der Waals surface area contributed by atoms with Crippen LogP contribution < -0.4 is 10.6 Å². The Hall–Kier alpha value is -1.33. The van der Waals surface area contributed by atoms with E-state index < -0.39 is 5.91 Å². The molecule has 0 saturated heterocycles. The fourth-order valence-electron chi connectivity index (χ4n) is 1.60. The molecule has 0 saturated carbocycles. The van der Waals surface area contributed by atoms with Crippen molar-refractivity contribution in [2.45, 2.75) is 0 Å². The highest BCUT2D eigenvalue weighted by molar-refractivity contribution is 7.80. The predicted octanol–water partition coefficient (Wildman–Crippen LogP) is 4.77. The van der Waals surface area contributed by atoms with Crippen molar-refractivity contribution in [3.63, 3.8) is 0 Å². The molecule has 0 spiro atoms. The highest BCUT2D eigenvalue weighted by Crippen LogP contribution is 2.22. The Morgan fingerprint density at radius 2 is 1.62 bits per heavy atom. The summed E-state index contributed by atoms with van der Waals surface area (Å²) in [6.07, 6.45) is 0. The maximum absolute atomic E-state index is 12.0. The lowest BCUT2D eigenvalue weighted by Gasteiger charge is -2.11. The molecular weight excluding hydrogens is 351 g/mol. The van der Waals surface area contributed by atoms with Gasteiger partial charge in [0.2, 0.25) is 0 Å². The van der Waals surface area contributed by atoms with Crippen LogP contribution in [0.4, 0.5) is 5.69 Å². The van der Waals surface area contributed by atoms with Crippen molar-refractivity contribution in [3.8, 4) is 0 Å². The summed E-state index contributed by atoms with van der Waals surface area (Å²) in [5.41, 5.74) is 0.921. The lowest BCUT2D eigenvalue weighted by atomic mass is 10.2. The summed E-state index contributed by atoms with van der Waals surface area (Å²) in [5, 5.41) is 6.77. The van der Waals surface area contributed by atoms with Crippen molar-refractivity contribution in [2.75, 3.05) is 5.32 Å². The molecule has 0 radical (unpaired) electrons. The molecule has 2 rings (SSSR count). The van der Waals surface area contributed by atoms with E-state index in [1.807, 2.05) is 0 Å². The maximum Gasteiger partial charge on any atom is 0.258 e. The molecule has 3 nitrogen and oxygen atoms in total. The van der Waals surface area contributed by atoms with E-state index in [0.717, 1.165) is 0 Å². The van der Waals surface area contributed by atoms with Crippen LogP contribution in [0, 0.1) is 0 Å². The van der Waals surface area contributed by atoms with Crippen LogP contribution in [0.2, 0.25) is 15.1 Å². The Morgan fingerprint density at radius 3 is 2.24 bits per heavy atom. The van der Waals surface area contributed by atoms with Gasteiger partial charge in [-0.2, -0.15) is 0 Å². The molecule has 0 heterocycles. The van der Waals surface area contributed by atoms with Gasteiger partial charge in [0.05, 0.1) is 10.6 Å². The van der Waals surface area contributed by atoms with Crippen molar-refractivity contribution >= 4 is 63.7 Å². The Bertz CT molecular complexity index is 686. The van der Waals surface area contributed by atoms with Crippen LogP contribution in [0.5, 0.6) is 0 Å². The molecule has 0 bridgehead atoms. The molecule has 0 aliphatic rings. The molecule has 2 N–H and O–H groups in total. The van der Waals surface area contributed by atoms with Gasteiger partial charge in [-0.1, -0.05) is 46.9 Å². The second-order valence-corrected chi connectivity index (χ2v) is 5.73. The highest BCUT2D eigenvalue weighted by Gasteiger charge is 2.11. The number of halogens is 3. The second-order valence-electron chi connectivity index (χ2n) is 4.05. The van der Waals surface area contributed by atoms with Gasteiger partial charge in [-0.3, -0.25) is 10.1 Å². The molecule has 0 fully saturated rings. The first-order valence-electron chi connectivity index (χ1n) is 5.78. The number of hydrogen-bond donors (Lipinski definition) is 2. The van der Waals surface area contributed by atoms with Crippen molar-refractivity contribution in [1.82, 2.24) is 5.32 Å². The van der Waals surface area contributed by atoms with Crippen LogP contribution in [0.25, 0.3) is 0 Å². The van der Waals surface area contributed by atoms with Crippen molar-refractivity contribution in [1.29, 1.82) is 0 Å². The molecule has 0 aliphatic heterocycles. The van der Waals surface area contributed by atoms with Gasteiger partial charge in [-0.05, 0) is 42.5 Å². The Kier molecular flexibility index (Phi) is 5.42. The summed E-state index contributed by atoms with van der Waals surface area (Å²) in [7, 11) is 0. The average Bonchev–Trinajstić information content (AvgIpc) is 2.37. The number of thiocarbonyl (C=S) groups is 1. The van der Waals surface area contributed by atoms with Crippen LogP contribution in [0.1, 0.15) is 10.4 Å². The number of anilines is 1. The monoisotopic (exact) mass is 358 g/mol. The minimum absolute atomic E-state index is 0.123. The van der Waals surface area contributed by atoms with Gasteiger partial charge in [0, 0.05) is 15.7 Å². The zero-order chi connectivity index (χ0) is 15.4. The third kappa shape index (κ3) is 4.58. The quantitative estimate of drug-likeness (QED) is 0.759. The van der Waals surface area contributed by atoms with Crippen LogP contribution >= 0.6 is 47.0 Å². The summed E-state index contributed by atoms with van der Waals surface area (Å²) in [6.45, 7) is 0. The Labute approximate surface area is 142 Å². The van der Waals surface area contributed by atoms with Crippen LogP contribution in [-0.2, 0) is 0 Å². The molecule has 1 amide bonds. The third-order valence-electron chi connectivity index (χ3n) is 2.47. The number of hydrogen-bond acceptors (Lipinski definition) is 2. The molecule has 0 unspecified atom stereocenters. The molecule has 0 aromatic heterocycles. The smallest absolute Gasteiger partial charge is 0.258 e. The molecule has 0 aliphatic carbocycles. The van der Waals surface area contributed by atoms with E-state index >= 15 is 0 Å². The molecule has 0 atom stereocenters. The van der Waals surface area contributed by atoms with Gasteiger partial charge in [0.25, 0.3) is 5.91 Å². The fourth-order valence-corrected chi connectivity index (χ4v) is 2.56. The fraction of sp³-hybridized carbons (Fsp3) is 0. The molecule has 2 aromatic carbocycles. The topological polar surface area (TPSA) is 41.1 Å². The normalized spacial score (nSPS) is 10.0. The second kappa shape index (κ2) is 7.09. The average molecular weight is 360 g/mol. The number of rotatable bonds is 2. The van der Waals surface area contributed by atoms with Gasteiger partial charge >= 0.3 is 0 Å². The number of nitrogens with one attached hydrogen (secondary N) is 2. The van der Waals surface area contributed by atoms with Crippen LogP contribution in [-0.4, -0.2) is 11.0 Å². The largest absolute Gasteiger partial charge is 0.332 e. The number of carbonyl (C=O) groups excluding carboxylic acids is 1. The van der Waals surface area contributed by atoms with E-state index in [0.29, 0.717) is 26.3 Å². The van der Waals surface area contributed by atoms with Gasteiger partial charge in [-0.15, -0.1) is 0 Å². The lowest BCUT2D eigenvalue weighted by molar-refractivity contribution is 0.0978. The van der Waals surface area contributed by atoms with Crippen LogP contribution in [0.3, 0.4) is 0 Å². The summed E-state index contributed by atoms with van der Waals surface area (Å²) in [4.78, 5) is 12.0. The van der Waals surface area contributed by atoms with E-state index in [2.05, 4.69) is 10.6 Å². The molecule has 108 valence electrons. The van der Waals surface area contributed by atoms with Crippen molar-refractivity contribution in [2.24, 2.45) is 0 Å². The van der Waals surface area contributed by atoms with Gasteiger partial charge in [-0.25, -0.2) is 0 Å². The summed E-state index contributed by atoms with van der Waals surface area (Å²) in [5.74, 6) is -0.397. The highest BCUT2D eigenvalue weighted by atomic mass is 35.5.